The van der Waals surface area contributed by atoms with Gasteiger partial charge in [-0.25, -0.2) is 0 Å². The minimum absolute atomic E-state index is 0.170. The maximum absolute atomic E-state index is 12.9. The summed E-state index contributed by atoms with van der Waals surface area (Å²) >= 11 is 4.94. The Labute approximate surface area is 194 Å². The average molecular weight is 470 g/mol. The van der Waals surface area contributed by atoms with E-state index in [1.165, 1.54) is 11.1 Å². The number of carbonyl (C=O) groups excluding carboxylic acids is 1. The van der Waals surface area contributed by atoms with Gasteiger partial charge < -0.3 is 9.73 Å². The van der Waals surface area contributed by atoms with Crippen LogP contribution >= 0.6 is 34.9 Å². The van der Waals surface area contributed by atoms with Crippen molar-refractivity contribution in [3.8, 4) is 0 Å². The second-order valence-electron chi connectivity index (χ2n) is 7.08. The summed E-state index contributed by atoms with van der Waals surface area (Å²) < 4.78 is 6.82. The number of aryl methyl sites for hydroxylation is 2. The number of hydrogen-bond donors (Lipinski definition) is 1. The molecule has 0 saturated heterocycles. The molecular formula is C23H23N3O2S3. The average Bonchev–Trinajstić information content (AvgIpc) is 3.36. The Bertz CT molecular complexity index is 1170. The van der Waals surface area contributed by atoms with E-state index in [0.717, 1.165) is 37.4 Å². The maximum atomic E-state index is 12.9. The van der Waals surface area contributed by atoms with Gasteiger partial charge >= 0.3 is 0 Å². The Hall–Kier alpha value is -2.29. The van der Waals surface area contributed by atoms with Gasteiger partial charge in [0.1, 0.15) is 10.6 Å². The van der Waals surface area contributed by atoms with Gasteiger partial charge in [0.05, 0.1) is 0 Å². The molecule has 31 heavy (non-hydrogen) atoms. The van der Waals surface area contributed by atoms with Gasteiger partial charge in [0.2, 0.25) is 0 Å². The Morgan fingerprint density at radius 3 is 2.65 bits per heavy atom. The Balaban J connectivity index is 1.36. The second kappa shape index (κ2) is 10.3. The lowest BCUT2D eigenvalue weighted by Crippen LogP contribution is -2.26. The molecule has 0 spiro atoms. The molecule has 2 aromatic carbocycles. The molecule has 0 aliphatic carbocycles. The lowest BCUT2D eigenvalue weighted by atomic mass is 10.1. The molecule has 4 rings (SSSR count). The number of para-hydroxylation sites is 1. The van der Waals surface area contributed by atoms with Crippen molar-refractivity contribution in [2.75, 3.05) is 12.3 Å². The van der Waals surface area contributed by atoms with Crippen molar-refractivity contribution in [3.05, 3.63) is 76.0 Å². The molecule has 0 fully saturated rings. The molecular weight excluding hydrogens is 446 g/mol. The SMILES string of the molecule is Cc1ccc(CSCCNC(=O)c2oc3ccccc3c2CSc2nnc(C)s2)cc1. The lowest BCUT2D eigenvalue weighted by Gasteiger charge is -2.06. The molecule has 4 aromatic rings. The first-order valence-electron chi connectivity index (χ1n) is 9.95. The third-order valence-corrected chi connectivity index (χ3v) is 7.70. The molecule has 5 nitrogen and oxygen atoms in total. The van der Waals surface area contributed by atoms with Gasteiger partial charge in [-0.2, -0.15) is 11.8 Å². The molecule has 0 unspecified atom stereocenters. The molecule has 2 heterocycles. The summed E-state index contributed by atoms with van der Waals surface area (Å²) in [5.41, 5.74) is 4.19. The summed E-state index contributed by atoms with van der Waals surface area (Å²) in [4.78, 5) is 12.9. The number of nitrogens with zero attached hydrogens (tertiary/aromatic N) is 2. The van der Waals surface area contributed by atoms with Crippen molar-refractivity contribution < 1.29 is 9.21 Å². The van der Waals surface area contributed by atoms with Crippen molar-refractivity contribution in [3.63, 3.8) is 0 Å². The number of amides is 1. The van der Waals surface area contributed by atoms with Crippen molar-refractivity contribution in [2.24, 2.45) is 0 Å². The predicted octanol–water partition coefficient (Wildman–Crippen LogP) is 5.86. The number of rotatable bonds is 9. The molecule has 160 valence electrons. The van der Waals surface area contributed by atoms with Crippen LogP contribution in [0.3, 0.4) is 0 Å². The first-order chi connectivity index (χ1) is 15.1. The van der Waals surface area contributed by atoms with Crippen LogP contribution in [0, 0.1) is 13.8 Å². The quantitative estimate of drug-likeness (QED) is 0.245. The number of aromatic nitrogens is 2. The number of benzene rings is 2. The molecule has 1 amide bonds. The van der Waals surface area contributed by atoms with Crippen LogP contribution in [-0.2, 0) is 11.5 Å². The van der Waals surface area contributed by atoms with Crippen molar-refractivity contribution in [1.82, 2.24) is 15.5 Å². The van der Waals surface area contributed by atoms with Gasteiger partial charge in [-0.05, 0) is 25.5 Å². The number of hydrogen-bond acceptors (Lipinski definition) is 7. The number of thioether (sulfide) groups is 2. The first kappa shape index (κ1) is 21.9. The van der Waals surface area contributed by atoms with E-state index in [0.29, 0.717) is 18.1 Å². The highest BCUT2D eigenvalue weighted by molar-refractivity contribution is 8.00. The fourth-order valence-corrected chi connectivity index (χ4v) is 5.75. The molecule has 2 aromatic heterocycles. The Morgan fingerprint density at radius 2 is 1.87 bits per heavy atom. The number of fused-ring (bicyclic) bond motifs is 1. The van der Waals surface area contributed by atoms with Crippen LogP contribution < -0.4 is 5.32 Å². The van der Waals surface area contributed by atoms with Gasteiger partial charge in [0.25, 0.3) is 5.91 Å². The van der Waals surface area contributed by atoms with Crippen LogP contribution in [0.15, 0.2) is 57.3 Å². The molecule has 1 N–H and O–H groups in total. The van der Waals surface area contributed by atoms with E-state index in [4.69, 9.17) is 4.42 Å². The van der Waals surface area contributed by atoms with Crippen LogP contribution in [0.25, 0.3) is 11.0 Å². The Morgan fingerprint density at radius 1 is 1.06 bits per heavy atom. The standard InChI is InChI=1S/C23H23N3O2S3/c1-15-7-9-17(10-8-15)13-29-12-11-24-22(27)21-19(14-30-23-26-25-16(2)31-23)18-5-3-4-6-20(18)28-21/h3-10H,11-14H2,1-2H3,(H,24,27). The van der Waals surface area contributed by atoms with E-state index >= 15 is 0 Å². The zero-order chi connectivity index (χ0) is 21.6. The van der Waals surface area contributed by atoms with Crippen LogP contribution in [0.2, 0.25) is 0 Å². The van der Waals surface area contributed by atoms with Crippen LogP contribution in [0.5, 0.6) is 0 Å². The van der Waals surface area contributed by atoms with Crippen molar-refractivity contribution in [2.45, 2.75) is 29.7 Å². The maximum Gasteiger partial charge on any atom is 0.287 e. The van der Waals surface area contributed by atoms with Crippen LogP contribution in [0.1, 0.15) is 32.3 Å². The van der Waals surface area contributed by atoms with Crippen LogP contribution in [-0.4, -0.2) is 28.4 Å². The van der Waals surface area contributed by atoms with Gasteiger partial charge in [0, 0.05) is 34.8 Å². The molecule has 8 heteroatoms. The number of carbonyl (C=O) groups is 1. The molecule has 0 saturated carbocycles. The largest absolute Gasteiger partial charge is 0.451 e. The van der Waals surface area contributed by atoms with Gasteiger partial charge in [0.15, 0.2) is 10.1 Å². The van der Waals surface area contributed by atoms with Gasteiger partial charge in [-0.1, -0.05) is 71.1 Å². The molecule has 0 aliphatic heterocycles. The molecule has 0 aliphatic rings. The van der Waals surface area contributed by atoms with E-state index < -0.39 is 0 Å². The van der Waals surface area contributed by atoms with E-state index in [1.54, 1.807) is 34.9 Å². The third kappa shape index (κ3) is 5.70. The number of nitrogens with one attached hydrogen (secondary N) is 1. The predicted molar refractivity (Wildman–Crippen MR) is 130 cm³/mol. The summed E-state index contributed by atoms with van der Waals surface area (Å²) in [6.07, 6.45) is 0. The molecule has 0 atom stereocenters. The summed E-state index contributed by atoms with van der Waals surface area (Å²) in [5.74, 6) is 2.60. The van der Waals surface area contributed by atoms with Crippen LogP contribution in [0.4, 0.5) is 0 Å². The fourth-order valence-electron chi connectivity index (χ4n) is 3.09. The van der Waals surface area contributed by atoms with E-state index in [-0.39, 0.29) is 5.91 Å². The van der Waals surface area contributed by atoms with Gasteiger partial charge in [-0.3, -0.25) is 4.79 Å². The monoisotopic (exact) mass is 469 g/mol. The van der Waals surface area contributed by atoms with E-state index in [1.807, 2.05) is 31.2 Å². The molecule has 0 bridgehead atoms. The summed E-state index contributed by atoms with van der Waals surface area (Å²) in [6, 6.07) is 16.3. The first-order valence-corrected chi connectivity index (χ1v) is 12.9. The minimum atomic E-state index is -0.170. The smallest absolute Gasteiger partial charge is 0.287 e. The lowest BCUT2D eigenvalue weighted by molar-refractivity contribution is 0.0929. The highest BCUT2D eigenvalue weighted by Gasteiger charge is 2.20. The zero-order valence-corrected chi connectivity index (χ0v) is 19.8. The molecule has 0 radical (unpaired) electrons. The van der Waals surface area contributed by atoms with Gasteiger partial charge in [-0.15, -0.1) is 10.2 Å². The van der Waals surface area contributed by atoms with Crippen molar-refractivity contribution >= 4 is 51.7 Å². The second-order valence-corrected chi connectivity index (χ2v) is 10.6. The topological polar surface area (TPSA) is 68.0 Å². The van der Waals surface area contributed by atoms with Crippen molar-refractivity contribution in [1.29, 1.82) is 0 Å². The zero-order valence-electron chi connectivity index (χ0n) is 17.4. The highest BCUT2D eigenvalue weighted by atomic mass is 32.2. The fraction of sp³-hybridized carbons (Fsp3) is 0.261. The Kier molecular flexibility index (Phi) is 7.32. The summed E-state index contributed by atoms with van der Waals surface area (Å²) in [6.45, 7) is 4.62. The minimum Gasteiger partial charge on any atom is -0.451 e. The van der Waals surface area contributed by atoms with E-state index in [2.05, 4.69) is 46.7 Å². The normalized spacial score (nSPS) is 11.2. The van der Waals surface area contributed by atoms with E-state index in [9.17, 15) is 4.79 Å². The summed E-state index contributed by atoms with van der Waals surface area (Å²) in [7, 11) is 0. The third-order valence-electron chi connectivity index (χ3n) is 4.67. The highest BCUT2D eigenvalue weighted by Crippen LogP contribution is 2.33. The summed E-state index contributed by atoms with van der Waals surface area (Å²) in [5, 5.41) is 13.1. The number of furan rings is 1.